The smallest absolute Gasteiger partial charge is 0.394 e. The van der Waals surface area contributed by atoms with E-state index in [-0.39, 0.29) is 59.7 Å². The van der Waals surface area contributed by atoms with Crippen molar-refractivity contribution in [1.82, 2.24) is 10.6 Å². The van der Waals surface area contributed by atoms with Crippen LogP contribution >= 0.6 is 0 Å². The third kappa shape index (κ3) is 15.3. The highest BCUT2D eigenvalue weighted by Crippen LogP contribution is 2.25. The van der Waals surface area contributed by atoms with E-state index in [0.29, 0.717) is 11.1 Å². The normalized spacial score (nSPS) is 10.7. The Morgan fingerprint density at radius 2 is 0.971 bits per heavy atom. The van der Waals surface area contributed by atoms with Crippen LogP contribution in [0.15, 0.2) is 36.4 Å². The number of rotatable bonds is 8. The fraction of sp³-hybridized carbons (Fsp3) is 0.364. The van der Waals surface area contributed by atoms with Crippen molar-refractivity contribution in [2.45, 2.75) is 39.8 Å². The van der Waals surface area contributed by atoms with Gasteiger partial charge in [-0.05, 0) is 36.4 Å². The van der Waals surface area contributed by atoms with E-state index in [2.05, 4.69) is 10.6 Å². The molecule has 13 heteroatoms. The number of hydrogen-bond donors (Lipinski definition) is 8. The Labute approximate surface area is 203 Å². The lowest BCUT2D eigenvalue weighted by atomic mass is 10.1. The minimum atomic E-state index is -4.67. The predicted molar refractivity (Wildman–Crippen MR) is 129 cm³/mol. The van der Waals surface area contributed by atoms with Crippen molar-refractivity contribution in [2.24, 2.45) is 0 Å². The number of benzene rings is 2. The van der Waals surface area contributed by atoms with Gasteiger partial charge in [0.05, 0.1) is 13.1 Å². The topological polar surface area (TPSA) is 214 Å². The zero-order valence-electron chi connectivity index (χ0n) is 19.8. The minimum absolute atomic E-state index is 0.112. The summed E-state index contributed by atoms with van der Waals surface area (Å²) in [4.78, 5) is 23.1. The number of phenolic OH excluding ortho intramolecular Hbond substituents is 4. The number of aromatic hydroxyl groups is 4. The molecule has 8 N–H and O–H groups in total. The quantitative estimate of drug-likeness (QED) is 0.143. The Morgan fingerprint density at radius 3 is 1.20 bits per heavy atom. The van der Waals surface area contributed by atoms with Gasteiger partial charge in [-0.2, -0.15) is 8.42 Å². The molecule has 0 atom stereocenters. The maximum atomic E-state index is 11.6. The summed E-state index contributed by atoms with van der Waals surface area (Å²) in [6.45, 7) is 8.23. The van der Waals surface area contributed by atoms with Crippen LogP contribution in [-0.2, 0) is 10.4 Å². The van der Waals surface area contributed by atoms with Crippen LogP contribution < -0.4 is 10.6 Å². The molecule has 0 saturated heterocycles. The molecule has 12 nitrogen and oxygen atoms in total. The van der Waals surface area contributed by atoms with Gasteiger partial charge < -0.3 is 31.1 Å². The van der Waals surface area contributed by atoms with Gasteiger partial charge in [-0.1, -0.05) is 27.7 Å². The number of carbonyl (C=O) groups excluding carboxylic acids is 2. The molecule has 0 heterocycles. The van der Waals surface area contributed by atoms with Crippen LogP contribution in [0.4, 0.5) is 0 Å². The van der Waals surface area contributed by atoms with Crippen molar-refractivity contribution in [1.29, 1.82) is 0 Å². The van der Waals surface area contributed by atoms with Gasteiger partial charge in [0.15, 0.2) is 34.6 Å². The molecular formula is C22H32N2O10S. The van der Waals surface area contributed by atoms with Gasteiger partial charge in [0.1, 0.15) is 0 Å². The minimum Gasteiger partial charge on any atom is -0.504 e. The summed E-state index contributed by atoms with van der Waals surface area (Å²) in [6.07, 6.45) is 0. The highest BCUT2D eigenvalue weighted by Gasteiger charge is 2.10. The summed E-state index contributed by atoms with van der Waals surface area (Å²) in [5, 5.41) is 42.5. The van der Waals surface area contributed by atoms with Gasteiger partial charge in [-0.15, -0.1) is 0 Å². The highest BCUT2D eigenvalue weighted by molar-refractivity contribution is 7.79. The fourth-order valence-electron chi connectivity index (χ4n) is 2.19. The number of hydrogen-bond acceptors (Lipinski definition) is 10. The van der Waals surface area contributed by atoms with Crippen LogP contribution in [0.1, 0.15) is 48.4 Å². The summed E-state index contributed by atoms with van der Waals surface area (Å²) < 4.78 is 31.6. The largest absolute Gasteiger partial charge is 0.504 e. The summed E-state index contributed by atoms with van der Waals surface area (Å²) in [5.74, 6) is -1.21. The van der Waals surface area contributed by atoms with Crippen LogP contribution in [0.5, 0.6) is 23.0 Å². The first kappa shape index (κ1) is 31.8. The van der Waals surface area contributed by atoms with Crippen molar-refractivity contribution < 1.29 is 47.5 Å². The molecule has 0 aromatic heterocycles. The van der Waals surface area contributed by atoms with Gasteiger partial charge in [0.2, 0.25) is 0 Å². The number of Topliss-reactive ketones (excluding diaryl/α,β-unsaturated/α-hetero) is 2. The Balaban J connectivity index is 0.000000555. The predicted octanol–water partition coefficient (Wildman–Crippen LogP) is 1.90. The van der Waals surface area contributed by atoms with E-state index in [1.165, 1.54) is 36.4 Å². The molecule has 2 aromatic rings. The van der Waals surface area contributed by atoms with E-state index in [1.807, 2.05) is 27.7 Å². The Hall–Kier alpha value is -3.23. The molecule has 0 saturated carbocycles. The average molecular weight is 517 g/mol. The van der Waals surface area contributed by atoms with E-state index in [0.717, 1.165) is 0 Å². The average Bonchev–Trinajstić information content (AvgIpc) is 2.73. The lowest BCUT2D eigenvalue weighted by Crippen LogP contribution is -2.29. The first-order valence-corrected chi connectivity index (χ1v) is 11.7. The third-order valence-corrected chi connectivity index (χ3v) is 3.94. The first-order valence-electron chi connectivity index (χ1n) is 10.3. The second kappa shape index (κ2) is 14.9. The van der Waals surface area contributed by atoms with Gasteiger partial charge in [0.25, 0.3) is 0 Å². The summed E-state index contributed by atoms with van der Waals surface area (Å²) in [6, 6.07) is 8.58. The number of carbonyl (C=O) groups is 2. The maximum Gasteiger partial charge on any atom is 0.394 e. The molecule has 0 radical (unpaired) electrons. The molecule has 0 amide bonds. The van der Waals surface area contributed by atoms with Crippen LogP contribution in [0, 0.1) is 0 Å². The van der Waals surface area contributed by atoms with Crippen LogP contribution in [0.2, 0.25) is 0 Å². The van der Waals surface area contributed by atoms with E-state index < -0.39 is 10.4 Å². The molecule has 35 heavy (non-hydrogen) atoms. The van der Waals surface area contributed by atoms with E-state index in [9.17, 15) is 19.8 Å². The summed E-state index contributed by atoms with van der Waals surface area (Å²) >= 11 is 0. The molecule has 0 aliphatic rings. The monoisotopic (exact) mass is 516 g/mol. The second-order valence-corrected chi connectivity index (χ2v) is 8.67. The standard InChI is InChI=1S/2C11H15NO3.H2O4S/c2*1-7(2)12-6-11(15)8-3-4-9(13)10(14)5-8;1-5(2,3)4/h2*3-5,7,12-14H,6H2,1-2H3;(H2,1,2,3,4). The molecule has 0 aliphatic carbocycles. The lowest BCUT2D eigenvalue weighted by Gasteiger charge is -2.07. The fourth-order valence-corrected chi connectivity index (χ4v) is 2.19. The zero-order valence-corrected chi connectivity index (χ0v) is 20.6. The number of nitrogens with one attached hydrogen (secondary N) is 2. The van der Waals surface area contributed by atoms with Crippen molar-refractivity contribution in [3.8, 4) is 23.0 Å². The molecule has 2 aromatic carbocycles. The number of ketones is 2. The van der Waals surface area contributed by atoms with Crippen LogP contribution in [0.25, 0.3) is 0 Å². The molecule has 0 spiro atoms. The molecule has 2 rings (SSSR count). The van der Waals surface area contributed by atoms with Crippen molar-refractivity contribution in [2.75, 3.05) is 13.1 Å². The lowest BCUT2D eigenvalue weighted by molar-refractivity contribution is 0.0980. The Bertz CT molecular complexity index is 1010. The first-order chi connectivity index (χ1) is 16.0. The van der Waals surface area contributed by atoms with E-state index >= 15 is 0 Å². The van der Waals surface area contributed by atoms with Gasteiger partial charge >= 0.3 is 10.4 Å². The number of phenols is 4. The van der Waals surface area contributed by atoms with Gasteiger partial charge in [-0.25, -0.2) is 0 Å². The zero-order chi connectivity index (χ0) is 27.3. The SMILES string of the molecule is CC(C)NCC(=O)c1ccc(O)c(O)c1.CC(C)NCC(=O)c1ccc(O)c(O)c1.O=S(=O)(O)O. The van der Waals surface area contributed by atoms with Gasteiger partial charge in [-0.3, -0.25) is 18.7 Å². The van der Waals surface area contributed by atoms with E-state index in [1.54, 1.807) is 0 Å². The summed E-state index contributed by atoms with van der Waals surface area (Å²) in [5.41, 5.74) is 0.775. The van der Waals surface area contributed by atoms with Crippen molar-refractivity contribution in [3.63, 3.8) is 0 Å². The maximum absolute atomic E-state index is 11.6. The highest BCUT2D eigenvalue weighted by atomic mass is 32.3. The van der Waals surface area contributed by atoms with Crippen LogP contribution in [0.3, 0.4) is 0 Å². The third-order valence-electron chi connectivity index (χ3n) is 3.94. The molecule has 0 fully saturated rings. The molecule has 196 valence electrons. The summed E-state index contributed by atoms with van der Waals surface area (Å²) in [7, 11) is -4.67. The van der Waals surface area contributed by atoms with Crippen molar-refractivity contribution >= 4 is 22.0 Å². The molecular weight excluding hydrogens is 484 g/mol. The van der Waals surface area contributed by atoms with Gasteiger partial charge in [0, 0.05) is 23.2 Å². The Morgan fingerprint density at radius 1 is 0.686 bits per heavy atom. The molecule has 0 aliphatic heterocycles. The molecule has 0 unspecified atom stereocenters. The molecule has 0 bridgehead atoms. The Kier molecular flexibility index (Phi) is 13.5. The van der Waals surface area contributed by atoms with E-state index in [4.69, 9.17) is 27.7 Å². The van der Waals surface area contributed by atoms with Crippen LogP contribution in [-0.4, -0.2) is 74.7 Å². The second-order valence-electron chi connectivity index (χ2n) is 7.77. The van der Waals surface area contributed by atoms with Crippen molar-refractivity contribution in [3.05, 3.63) is 47.5 Å².